The summed E-state index contributed by atoms with van der Waals surface area (Å²) in [6, 6.07) is 9.38. The van der Waals surface area contributed by atoms with Gasteiger partial charge >= 0.3 is 0 Å². The van der Waals surface area contributed by atoms with E-state index < -0.39 is 0 Å². The van der Waals surface area contributed by atoms with Gasteiger partial charge in [0.1, 0.15) is 5.52 Å². The van der Waals surface area contributed by atoms with E-state index in [1.165, 1.54) is 0 Å². The Bertz CT molecular complexity index is 580. The van der Waals surface area contributed by atoms with Crippen LogP contribution in [0.5, 0.6) is 0 Å². The first-order valence-electron chi connectivity index (χ1n) is 5.45. The number of hydrogen-bond donors (Lipinski definition) is 1. The fourth-order valence-corrected chi connectivity index (χ4v) is 1.80. The monoisotopic (exact) mass is 228 g/mol. The van der Waals surface area contributed by atoms with E-state index in [0.717, 1.165) is 16.7 Å². The van der Waals surface area contributed by atoms with E-state index >= 15 is 0 Å². The van der Waals surface area contributed by atoms with Crippen molar-refractivity contribution in [2.75, 3.05) is 0 Å². The highest BCUT2D eigenvalue weighted by Gasteiger charge is 2.12. The van der Waals surface area contributed by atoms with Gasteiger partial charge < -0.3 is 14.6 Å². The minimum atomic E-state index is -0.151. The summed E-state index contributed by atoms with van der Waals surface area (Å²) in [6.07, 6.45) is 3.82. The summed E-state index contributed by atoms with van der Waals surface area (Å²) in [5.74, 6) is 0.653. The molecule has 17 heavy (non-hydrogen) atoms. The van der Waals surface area contributed by atoms with Crippen molar-refractivity contribution in [2.45, 2.75) is 12.5 Å². The fourth-order valence-electron chi connectivity index (χ4n) is 1.80. The molecule has 0 radical (unpaired) electrons. The molecule has 0 saturated carbocycles. The largest absolute Gasteiger partial charge is 0.472 e. The fraction of sp³-hybridized carbons (Fsp3) is 0.154. The Labute approximate surface area is 98.0 Å². The highest BCUT2D eigenvalue weighted by Crippen LogP contribution is 2.20. The molecule has 2 N–H and O–H groups in total. The third-order valence-corrected chi connectivity index (χ3v) is 2.70. The summed E-state index contributed by atoms with van der Waals surface area (Å²) in [7, 11) is 0. The van der Waals surface area contributed by atoms with Gasteiger partial charge in [0, 0.05) is 18.0 Å². The normalized spacial score (nSPS) is 13.0. The standard InChI is InChI=1S/C13H12N2O2/c14-10(9-5-6-16-8-9)7-13-15-11-3-1-2-4-12(11)17-13/h1-6,8,10H,7,14H2. The molecule has 3 rings (SSSR count). The van der Waals surface area contributed by atoms with E-state index in [-0.39, 0.29) is 6.04 Å². The zero-order valence-electron chi connectivity index (χ0n) is 9.17. The number of oxazole rings is 1. The van der Waals surface area contributed by atoms with Gasteiger partial charge in [-0.25, -0.2) is 4.98 Å². The van der Waals surface area contributed by atoms with Gasteiger partial charge in [0.2, 0.25) is 0 Å². The lowest BCUT2D eigenvalue weighted by molar-refractivity contribution is 0.498. The van der Waals surface area contributed by atoms with Crippen molar-refractivity contribution in [1.82, 2.24) is 4.98 Å². The number of rotatable bonds is 3. The molecule has 86 valence electrons. The first-order valence-corrected chi connectivity index (χ1v) is 5.45. The van der Waals surface area contributed by atoms with Crippen LogP contribution in [-0.2, 0) is 6.42 Å². The van der Waals surface area contributed by atoms with Crippen LogP contribution in [0.25, 0.3) is 11.1 Å². The molecule has 2 aromatic heterocycles. The van der Waals surface area contributed by atoms with Crippen molar-refractivity contribution in [3.8, 4) is 0 Å². The molecule has 0 spiro atoms. The van der Waals surface area contributed by atoms with Gasteiger partial charge in [-0.15, -0.1) is 0 Å². The molecule has 0 bridgehead atoms. The van der Waals surface area contributed by atoms with E-state index in [9.17, 15) is 0 Å². The van der Waals surface area contributed by atoms with Gasteiger partial charge in [-0.2, -0.15) is 0 Å². The minimum absolute atomic E-state index is 0.151. The number of aromatic nitrogens is 1. The van der Waals surface area contributed by atoms with Crippen LogP contribution in [0, 0.1) is 0 Å². The molecule has 2 heterocycles. The lowest BCUT2D eigenvalue weighted by Gasteiger charge is -2.04. The van der Waals surface area contributed by atoms with Crippen LogP contribution in [0.15, 0.2) is 51.7 Å². The molecular weight excluding hydrogens is 216 g/mol. The van der Waals surface area contributed by atoms with Gasteiger partial charge in [-0.1, -0.05) is 12.1 Å². The van der Waals surface area contributed by atoms with Crippen LogP contribution in [0.3, 0.4) is 0 Å². The zero-order valence-corrected chi connectivity index (χ0v) is 9.17. The van der Waals surface area contributed by atoms with Gasteiger partial charge in [0.15, 0.2) is 11.5 Å². The lowest BCUT2D eigenvalue weighted by atomic mass is 10.1. The maximum atomic E-state index is 6.03. The van der Waals surface area contributed by atoms with Crippen molar-refractivity contribution in [2.24, 2.45) is 5.73 Å². The van der Waals surface area contributed by atoms with Crippen LogP contribution in [-0.4, -0.2) is 4.98 Å². The summed E-state index contributed by atoms with van der Waals surface area (Å²) < 4.78 is 10.6. The van der Waals surface area contributed by atoms with Crippen LogP contribution < -0.4 is 5.73 Å². The molecule has 0 amide bonds. The second-order valence-corrected chi connectivity index (χ2v) is 3.94. The summed E-state index contributed by atoms with van der Waals surface area (Å²) in [6.45, 7) is 0. The Morgan fingerprint density at radius 1 is 1.24 bits per heavy atom. The second kappa shape index (κ2) is 4.07. The van der Waals surface area contributed by atoms with Crippen LogP contribution >= 0.6 is 0 Å². The smallest absolute Gasteiger partial charge is 0.197 e. The molecule has 0 aliphatic heterocycles. The molecule has 1 unspecified atom stereocenters. The first-order chi connectivity index (χ1) is 8.33. The van der Waals surface area contributed by atoms with Crippen molar-refractivity contribution in [3.63, 3.8) is 0 Å². The van der Waals surface area contributed by atoms with Crippen molar-refractivity contribution >= 4 is 11.1 Å². The molecule has 1 atom stereocenters. The Balaban J connectivity index is 1.85. The summed E-state index contributed by atoms with van der Waals surface area (Å²) >= 11 is 0. The van der Waals surface area contributed by atoms with Crippen LogP contribution in [0.2, 0.25) is 0 Å². The molecule has 1 aromatic carbocycles. The highest BCUT2D eigenvalue weighted by atomic mass is 16.3. The lowest BCUT2D eigenvalue weighted by Crippen LogP contribution is -2.12. The Hall–Kier alpha value is -2.07. The Kier molecular flexibility index (Phi) is 2.42. The number of nitrogens with zero attached hydrogens (tertiary/aromatic N) is 1. The van der Waals surface area contributed by atoms with E-state index in [4.69, 9.17) is 14.6 Å². The van der Waals surface area contributed by atoms with E-state index in [2.05, 4.69) is 4.98 Å². The molecule has 4 heteroatoms. The predicted molar refractivity (Wildman–Crippen MR) is 63.3 cm³/mol. The summed E-state index contributed by atoms with van der Waals surface area (Å²) in [5.41, 5.74) is 8.64. The summed E-state index contributed by atoms with van der Waals surface area (Å²) in [4.78, 5) is 4.39. The SMILES string of the molecule is NC(Cc1nc2ccccc2o1)c1ccoc1. The molecule has 4 nitrogen and oxygen atoms in total. The van der Waals surface area contributed by atoms with Crippen LogP contribution in [0.1, 0.15) is 17.5 Å². The zero-order chi connectivity index (χ0) is 11.7. The molecule has 3 aromatic rings. The Morgan fingerprint density at radius 3 is 2.88 bits per heavy atom. The molecule has 0 saturated heterocycles. The van der Waals surface area contributed by atoms with E-state index in [1.54, 1.807) is 12.5 Å². The first kappa shape index (κ1) is 10.1. The maximum Gasteiger partial charge on any atom is 0.197 e. The topological polar surface area (TPSA) is 65.2 Å². The van der Waals surface area contributed by atoms with E-state index in [1.807, 2.05) is 30.3 Å². The van der Waals surface area contributed by atoms with Gasteiger partial charge in [0.25, 0.3) is 0 Å². The van der Waals surface area contributed by atoms with Gasteiger partial charge in [0.05, 0.1) is 12.5 Å². The average Bonchev–Trinajstić information content (AvgIpc) is 2.97. The number of nitrogens with two attached hydrogens (primary N) is 1. The van der Waals surface area contributed by atoms with Gasteiger partial charge in [-0.05, 0) is 18.2 Å². The van der Waals surface area contributed by atoms with E-state index in [0.29, 0.717) is 12.3 Å². The van der Waals surface area contributed by atoms with Gasteiger partial charge in [-0.3, -0.25) is 0 Å². The second-order valence-electron chi connectivity index (χ2n) is 3.94. The van der Waals surface area contributed by atoms with Crippen molar-refractivity contribution in [1.29, 1.82) is 0 Å². The summed E-state index contributed by atoms with van der Waals surface area (Å²) in [5, 5.41) is 0. The van der Waals surface area contributed by atoms with Crippen LogP contribution in [0.4, 0.5) is 0 Å². The number of fused-ring (bicyclic) bond motifs is 1. The molecular formula is C13H12N2O2. The third-order valence-electron chi connectivity index (χ3n) is 2.70. The number of benzene rings is 1. The quantitative estimate of drug-likeness (QED) is 0.748. The van der Waals surface area contributed by atoms with Crippen molar-refractivity contribution in [3.05, 3.63) is 54.3 Å². The van der Waals surface area contributed by atoms with Crippen molar-refractivity contribution < 1.29 is 8.83 Å². The maximum absolute atomic E-state index is 6.03. The third kappa shape index (κ3) is 1.94. The predicted octanol–water partition coefficient (Wildman–Crippen LogP) is 2.66. The number of furan rings is 1. The number of hydrogen-bond acceptors (Lipinski definition) is 4. The molecule has 0 aliphatic carbocycles. The minimum Gasteiger partial charge on any atom is -0.472 e. The number of para-hydroxylation sites is 2. The highest BCUT2D eigenvalue weighted by molar-refractivity contribution is 5.72. The average molecular weight is 228 g/mol. The Morgan fingerprint density at radius 2 is 2.12 bits per heavy atom. The molecule has 0 aliphatic rings. The molecule has 0 fully saturated rings.